The first kappa shape index (κ1) is 18.5. The van der Waals surface area contributed by atoms with Crippen LogP contribution in [0.3, 0.4) is 0 Å². The van der Waals surface area contributed by atoms with Crippen LogP contribution in [0.4, 0.5) is 18.9 Å². The second-order valence-corrected chi connectivity index (χ2v) is 6.72. The van der Waals surface area contributed by atoms with Gasteiger partial charge in [-0.1, -0.05) is 24.3 Å². The first-order chi connectivity index (χ1) is 12.3. The van der Waals surface area contributed by atoms with E-state index < -0.39 is 17.6 Å². The van der Waals surface area contributed by atoms with Crippen molar-refractivity contribution in [2.24, 2.45) is 0 Å². The maximum atomic E-state index is 13.1. The molecule has 0 unspecified atom stereocenters. The molecular formula is C20H21F3N2O. The van der Waals surface area contributed by atoms with Crippen LogP contribution < -0.4 is 5.32 Å². The van der Waals surface area contributed by atoms with Crippen molar-refractivity contribution < 1.29 is 18.0 Å². The molecule has 2 aromatic rings. The van der Waals surface area contributed by atoms with Crippen LogP contribution >= 0.6 is 0 Å². The van der Waals surface area contributed by atoms with Crippen molar-refractivity contribution in [3.63, 3.8) is 0 Å². The fourth-order valence-corrected chi connectivity index (χ4v) is 3.40. The highest BCUT2D eigenvalue weighted by molar-refractivity contribution is 6.04. The van der Waals surface area contributed by atoms with Crippen LogP contribution in [-0.2, 0) is 6.18 Å². The van der Waals surface area contributed by atoms with Gasteiger partial charge in [-0.25, -0.2) is 0 Å². The van der Waals surface area contributed by atoms with Gasteiger partial charge < -0.3 is 10.2 Å². The Morgan fingerprint density at radius 3 is 2.54 bits per heavy atom. The number of piperidine rings is 1. The number of rotatable bonds is 3. The first-order valence-electron chi connectivity index (χ1n) is 8.60. The van der Waals surface area contributed by atoms with Gasteiger partial charge >= 0.3 is 6.18 Å². The summed E-state index contributed by atoms with van der Waals surface area (Å²) in [5, 5.41) is 2.69. The van der Waals surface area contributed by atoms with E-state index >= 15 is 0 Å². The summed E-state index contributed by atoms with van der Waals surface area (Å²) in [6, 6.07) is 12.1. The van der Waals surface area contributed by atoms with Gasteiger partial charge in [0.05, 0.1) is 5.56 Å². The zero-order valence-corrected chi connectivity index (χ0v) is 14.5. The average molecular weight is 362 g/mol. The third-order valence-corrected chi connectivity index (χ3v) is 4.73. The summed E-state index contributed by atoms with van der Waals surface area (Å²) in [6.45, 7) is 1.74. The van der Waals surface area contributed by atoms with Gasteiger partial charge in [0.25, 0.3) is 5.91 Å². The number of benzene rings is 2. The lowest BCUT2D eigenvalue weighted by atomic mass is 9.88. The molecule has 3 nitrogen and oxygen atoms in total. The molecule has 0 bridgehead atoms. The number of hydrogen-bond acceptors (Lipinski definition) is 2. The fourth-order valence-electron chi connectivity index (χ4n) is 3.40. The molecule has 1 N–H and O–H groups in total. The molecule has 1 saturated heterocycles. The number of likely N-dealkylation sites (N-methyl/N-ethyl adjacent to an activating group) is 1. The molecule has 0 radical (unpaired) electrons. The number of alkyl halides is 3. The predicted molar refractivity (Wildman–Crippen MR) is 95.3 cm³/mol. The van der Waals surface area contributed by atoms with E-state index in [1.54, 1.807) is 30.3 Å². The van der Waals surface area contributed by atoms with E-state index in [9.17, 15) is 18.0 Å². The van der Waals surface area contributed by atoms with E-state index in [0.29, 0.717) is 5.56 Å². The Balaban J connectivity index is 1.95. The maximum absolute atomic E-state index is 13.1. The minimum Gasteiger partial charge on any atom is -0.322 e. The number of carbonyl (C=O) groups excluding carboxylic acids is 1. The fraction of sp³-hybridized carbons (Fsp3) is 0.350. The van der Waals surface area contributed by atoms with Gasteiger partial charge in [0.1, 0.15) is 0 Å². The number of carbonyl (C=O) groups is 1. The van der Waals surface area contributed by atoms with Crippen molar-refractivity contribution in [1.29, 1.82) is 0 Å². The molecule has 1 fully saturated rings. The largest absolute Gasteiger partial charge is 0.416 e. The van der Waals surface area contributed by atoms with Gasteiger partial charge in [-0.2, -0.15) is 13.2 Å². The summed E-state index contributed by atoms with van der Waals surface area (Å²) in [4.78, 5) is 14.6. The van der Waals surface area contributed by atoms with Crippen LogP contribution in [0, 0.1) is 0 Å². The lowest BCUT2D eigenvalue weighted by molar-refractivity contribution is -0.137. The standard InChI is InChI=1S/C20H21F3N2O/c1-25-11-5-8-15(13-25)17-10-9-16(20(21,22)23)12-18(17)24-19(26)14-6-3-2-4-7-14/h2-4,6-7,9-10,12,15H,5,8,11,13H2,1H3,(H,24,26)/t15-/m0/s1. The predicted octanol–water partition coefficient (Wildman–Crippen LogP) is 4.77. The quantitative estimate of drug-likeness (QED) is 0.853. The molecule has 26 heavy (non-hydrogen) atoms. The third kappa shape index (κ3) is 4.25. The number of hydrogen-bond donors (Lipinski definition) is 1. The number of nitrogens with zero attached hydrogens (tertiary/aromatic N) is 1. The molecule has 2 aromatic carbocycles. The van der Waals surface area contributed by atoms with Crippen LogP contribution in [0.25, 0.3) is 0 Å². The highest BCUT2D eigenvalue weighted by atomic mass is 19.4. The van der Waals surface area contributed by atoms with Crippen molar-refractivity contribution in [2.75, 3.05) is 25.5 Å². The van der Waals surface area contributed by atoms with E-state index in [-0.39, 0.29) is 11.6 Å². The first-order valence-corrected chi connectivity index (χ1v) is 8.60. The zero-order chi connectivity index (χ0) is 18.7. The van der Waals surface area contributed by atoms with E-state index in [4.69, 9.17) is 0 Å². The van der Waals surface area contributed by atoms with Crippen LogP contribution in [0.5, 0.6) is 0 Å². The molecular weight excluding hydrogens is 341 g/mol. The molecule has 1 aliphatic rings. The number of likely N-dealkylation sites (tertiary alicyclic amines) is 1. The van der Waals surface area contributed by atoms with E-state index in [2.05, 4.69) is 10.2 Å². The number of nitrogens with one attached hydrogen (secondary N) is 1. The minimum atomic E-state index is -4.45. The maximum Gasteiger partial charge on any atom is 0.416 e. The SMILES string of the molecule is CN1CCC[C@H](c2ccc(C(F)(F)F)cc2NC(=O)c2ccccc2)C1. The highest BCUT2D eigenvalue weighted by Crippen LogP contribution is 2.37. The number of anilines is 1. The third-order valence-electron chi connectivity index (χ3n) is 4.73. The second-order valence-electron chi connectivity index (χ2n) is 6.72. The summed E-state index contributed by atoms with van der Waals surface area (Å²) < 4.78 is 39.4. The van der Waals surface area contributed by atoms with E-state index in [0.717, 1.165) is 43.6 Å². The second kappa shape index (κ2) is 7.50. The molecule has 1 heterocycles. The molecule has 1 aliphatic heterocycles. The lowest BCUT2D eigenvalue weighted by Gasteiger charge is -2.31. The smallest absolute Gasteiger partial charge is 0.322 e. The van der Waals surface area contributed by atoms with Gasteiger partial charge in [-0.15, -0.1) is 0 Å². The summed E-state index contributed by atoms with van der Waals surface area (Å²) in [5.41, 5.74) is 0.660. The van der Waals surface area contributed by atoms with E-state index in [1.165, 1.54) is 6.07 Å². The van der Waals surface area contributed by atoms with Crippen LogP contribution in [0.2, 0.25) is 0 Å². The molecule has 3 rings (SSSR count). The van der Waals surface area contributed by atoms with Gasteiger partial charge in [0.15, 0.2) is 0 Å². The topological polar surface area (TPSA) is 32.3 Å². The highest BCUT2D eigenvalue weighted by Gasteiger charge is 2.32. The number of amides is 1. The van der Waals surface area contributed by atoms with Gasteiger partial charge in [0.2, 0.25) is 0 Å². The Morgan fingerprint density at radius 2 is 1.88 bits per heavy atom. The molecule has 138 valence electrons. The lowest BCUT2D eigenvalue weighted by Crippen LogP contribution is -2.31. The molecule has 1 atom stereocenters. The normalized spacial score (nSPS) is 18.5. The average Bonchev–Trinajstić information content (AvgIpc) is 2.61. The monoisotopic (exact) mass is 362 g/mol. The van der Waals surface area contributed by atoms with Crippen LogP contribution in [-0.4, -0.2) is 30.9 Å². The van der Waals surface area contributed by atoms with Crippen molar-refractivity contribution in [2.45, 2.75) is 24.9 Å². The Hall–Kier alpha value is -2.34. The van der Waals surface area contributed by atoms with Crippen LogP contribution in [0.15, 0.2) is 48.5 Å². The molecule has 0 aliphatic carbocycles. The Bertz CT molecular complexity index is 774. The Morgan fingerprint density at radius 1 is 1.15 bits per heavy atom. The molecule has 6 heteroatoms. The van der Waals surface area contributed by atoms with Crippen molar-refractivity contribution in [3.05, 3.63) is 65.2 Å². The van der Waals surface area contributed by atoms with Crippen LogP contribution in [0.1, 0.15) is 40.2 Å². The molecule has 0 spiro atoms. The van der Waals surface area contributed by atoms with E-state index in [1.807, 2.05) is 7.05 Å². The zero-order valence-electron chi connectivity index (χ0n) is 14.5. The van der Waals surface area contributed by atoms with Gasteiger partial charge in [0, 0.05) is 17.8 Å². The number of halogens is 3. The van der Waals surface area contributed by atoms with Gasteiger partial charge in [-0.3, -0.25) is 4.79 Å². The van der Waals surface area contributed by atoms with Crippen molar-refractivity contribution in [3.8, 4) is 0 Å². The molecule has 1 amide bonds. The minimum absolute atomic E-state index is 0.0992. The summed E-state index contributed by atoms with van der Waals surface area (Å²) >= 11 is 0. The Kier molecular flexibility index (Phi) is 5.32. The van der Waals surface area contributed by atoms with Gasteiger partial charge in [-0.05, 0) is 62.2 Å². The molecule has 0 aromatic heterocycles. The Labute approximate surface area is 150 Å². The summed E-state index contributed by atoms with van der Waals surface area (Å²) in [5.74, 6) is -0.308. The molecule has 0 saturated carbocycles. The van der Waals surface area contributed by atoms with Crippen molar-refractivity contribution in [1.82, 2.24) is 4.90 Å². The van der Waals surface area contributed by atoms with Crippen molar-refractivity contribution >= 4 is 11.6 Å². The summed E-state index contributed by atoms with van der Waals surface area (Å²) in [6.07, 6.45) is -2.58. The summed E-state index contributed by atoms with van der Waals surface area (Å²) in [7, 11) is 2.00.